The molecule has 0 saturated heterocycles. The van der Waals surface area contributed by atoms with Gasteiger partial charge in [-0.3, -0.25) is 13.9 Å². The first-order chi connectivity index (χ1) is 15.6. The maximum absolute atomic E-state index is 13.5. The standard InChI is InChI=1S/C24H31Cl2N3O4S/c1-16-7-9-18(10-8-16)14-28(17(2)23(31)27-24(3,4)5)22(30)15-29(34(6,32)33)21-12-11-19(25)13-20(21)26/h7-13,17H,14-15H2,1-6H3,(H,27,31)/t17-/m1/s1. The van der Waals surface area contributed by atoms with Crippen LogP contribution >= 0.6 is 23.2 Å². The van der Waals surface area contributed by atoms with Gasteiger partial charge in [0.1, 0.15) is 12.6 Å². The molecule has 0 aliphatic heterocycles. The van der Waals surface area contributed by atoms with Crippen LogP contribution in [0, 0.1) is 6.92 Å². The molecule has 2 aromatic rings. The summed E-state index contributed by atoms with van der Waals surface area (Å²) in [6.07, 6.45) is 0.991. The fourth-order valence-electron chi connectivity index (χ4n) is 3.23. The van der Waals surface area contributed by atoms with Crippen LogP contribution in [0.2, 0.25) is 10.0 Å². The number of halogens is 2. The predicted octanol–water partition coefficient (Wildman–Crippen LogP) is 4.40. The SMILES string of the molecule is Cc1ccc(CN(C(=O)CN(c2ccc(Cl)cc2Cl)S(C)(=O)=O)[C@H](C)C(=O)NC(C)(C)C)cc1. The number of sulfonamides is 1. The summed E-state index contributed by atoms with van der Waals surface area (Å²) in [5, 5.41) is 3.31. The quantitative estimate of drug-likeness (QED) is 0.551. The summed E-state index contributed by atoms with van der Waals surface area (Å²) in [6.45, 7) is 8.70. The average Bonchev–Trinajstić information content (AvgIpc) is 2.69. The Balaban J connectivity index is 2.43. The molecule has 1 atom stereocenters. The van der Waals surface area contributed by atoms with Gasteiger partial charge in [0, 0.05) is 17.1 Å². The Bertz CT molecular complexity index is 1150. The Morgan fingerprint density at radius 2 is 1.65 bits per heavy atom. The number of benzene rings is 2. The summed E-state index contributed by atoms with van der Waals surface area (Å²) in [4.78, 5) is 27.8. The van der Waals surface area contributed by atoms with E-state index in [1.165, 1.54) is 23.1 Å². The van der Waals surface area contributed by atoms with E-state index in [0.29, 0.717) is 5.02 Å². The molecule has 0 aliphatic carbocycles. The summed E-state index contributed by atoms with van der Waals surface area (Å²) in [6, 6.07) is 11.1. The van der Waals surface area contributed by atoms with E-state index < -0.39 is 34.1 Å². The molecule has 0 radical (unpaired) electrons. The highest BCUT2D eigenvalue weighted by molar-refractivity contribution is 7.92. The molecule has 0 heterocycles. The Labute approximate surface area is 212 Å². The number of hydrogen-bond acceptors (Lipinski definition) is 4. The molecule has 0 aromatic heterocycles. The van der Waals surface area contributed by atoms with Gasteiger partial charge in [-0.15, -0.1) is 0 Å². The minimum Gasteiger partial charge on any atom is -0.350 e. The van der Waals surface area contributed by atoms with Crippen molar-refractivity contribution in [1.82, 2.24) is 10.2 Å². The second-order valence-corrected chi connectivity index (χ2v) is 12.0. The predicted molar refractivity (Wildman–Crippen MR) is 138 cm³/mol. The number of amides is 2. The molecule has 7 nitrogen and oxygen atoms in total. The van der Waals surface area contributed by atoms with E-state index in [0.717, 1.165) is 21.7 Å². The number of nitrogens with zero attached hydrogens (tertiary/aromatic N) is 2. The smallest absolute Gasteiger partial charge is 0.244 e. The van der Waals surface area contributed by atoms with E-state index in [2.05, 4.69) is 5.32 Å². The lowest BCUT2D eigenvalue weighted by atomic mass is 10.1. The molecule has 2 amide bonds. The van der Waals surface area contributed by atoms with Crippen molar-refractivity contribution < 1.29 is 18.0 Å². The van der Waals surface area contributed by atoms with Crippen LogP contribution in [0.3, 0.4) is 0 Å². The molecule has 0 spiro atoms. The van der Waals surface area contributed by atoms with Crippen molar-refractivity contribution in [2.75, 3.05) is 17.1 Å². The lowest BCUT2D eigenvalue weighted by Gasteiger charge is -2.33. The molecular formula is C24H31Cl2N3O4S. The van der Waals surface area contributed by atoms with Gasteiger partial charge in [0.2, 0.25) is 21.8 Å². The highest BCUT2D eigenvalue weighted by Gasteiger charge is 2.32. The zero-order valence-corrected chi connectivity index (χ0v) is 22.6. The molecule has 2 aromatic carbocycles. The van der Waals surface area contributed by atoms with Crippen LogP contribution in [-0.2, 0) is 26.2 Å². The summed E-state index contributed by atoms with van der Waals surface area (Å²) in [7, 11) is -3.88. The van der Waals surface area contributed by atoms with E-state index >= 15 is 0 Å². The number of carbonyl (C=O) groups excluding carboxylic acids is 2. The Hall–Kier alpha value is -2.29. The highest BCUT2D eigenvalue weighted by Crippen LogP contribution is 2.30. The minimum absolute atomic E-state index is 0.0920. The van der Waals surface area contributed by atoms with E-state index in [1.807, 2.05) is 52.0 Å². The molecule has 34 heavy (non-hydrogen) atoms. The van der Waals surface area contributed by atoms with Gasteiger partial charge in [0.25, 0.3) is 0 Å². The van der Waals surface area contributed by atoms with Crippen LogP contribution < -0.4 is 9.62 Å². The summed E-state index contributed by atoms with van der Waals surface area (Å²) in [5.41, 5.74) is 1.49. The molecule has 0 aliphatic rings. The Morgan fingerprint density at radius 3 is 2.15 bits per heavy atom. The molecule has 186 valence electrons. The summed E-state index contributed by atoms with van der Waals surface area (Å²) >= 11 is 12.2. The van der Waals surface area contributed by atoms with Gasteiger partial charge in [-0.1, -0.05) is 53.0 Å². The first kappa shape index (κ1) is 28.0. The monoisotopic (exact) mass is 527 g/mol. The van der Waals surface area contributed by atoms with Crippen LogP contribution in [0.5, 0.6) is 0 Å². The first-order valence-corrected chi connectivity index (χ1v) is 13.3. The normalized spacial score (nSPS) is 12.7. The Kier molecular flexibility index (Phi) is 9.02. The summed E-state index contributed by atoms with van der Waals surface area (Å²) in [5.74, 6) is -0.892. The number of nitrogens with one attached hydrogen (secondary N) is 1. The number of anilines is 1. The fraction of sp³-hybridized carbons (Fsp3) is 0.417. The zero-order chi connectivity index (χ0) is 25.8. The van der Waals surface area contributed by atoms with Crippen molar-refractivity contribution in [3.05, 3.63) is 63.6 Å². The largest absolute Gasteiger partial charge is 0.350 e. The molecular weight excluding hydrogens is 497 g/mol. The van der Waals surface area contributed by atoms with Crippen molar-refractivity contribution in [3.63, 3.8) is 0 Å². The minimum atomic E-state index is -3.88. The lowest BCUT2D eigenvalue weighted by Crippen LogP contribution is -2.54. The first-order valence-electron chi connectivity index (χ1n) is 10.7. The van der Waals surface area contributed by atoms with Gasteiger partial charge in [0.15, 0.2) is 0 Å². The number of hydrogen-bond donors (Lipinski definition) is 1. The van der Waals surface area contributed by atoms with Crippen LogP contribution in [0.15, 0.2) is 42.5 Å². The van der Waals surface area contributed by atoms with E-state index in [-0.39, 0.29) is 23.2 Å². The third-order valence-corrected chi connectivity index (χ3v) is 6.66. The lowest BCUT2D eigenvalue weighted by molar-refractivity contribution is -0.140. The molecule has 1 N–H and O–H groups in total. The molecule has 0 fully saturated rings. The van der Waals surface area contributed by atoms with Crippen molar-refractivity contribution >= 4 is 50.7 Å². The van der Waals surface area contributed by atoms with Gasteiger partial charge < -0.3 is 10.2 Å². The topological polar surface area (TPSA) is 86.8 Å². The van der Waals surface area contributed by atoms with Gasteiger partial charge >= 0.3 is 0 Å². The number of aryl methyl sites for hydroxylation is 1. The third-order valence-electron chi connectivity index (χ3n) is 5.00. The van der Waals surface area contributed by atoms with Gasteiger partial charge in [-0.05, 0) is 58.4 Å². The second kappa shape index (κ2) is 11.0. The molecule has 0 saturated carbocycles. The van der Waals surface area contributed by atoms with Gasteiger partial charge in [-0.2, -0.15) is 0 Å². The number of rotatable bonds is 8. The fourth-order valence-corrected chi connectivity index (χ4v) is 4.65. The van der Waals surface area contributed by atoms with E-state index in [9.17, 15) is 18.0 Å². The van der Waals surface area contributed by atoms with Crippen LogP contribution in [0.4, 0.5) is 5.69 Å². The number of carbonyl (C=O) groups is 2. The van der Waals surface area contributed by atoms with Crippen molar-refractivity contribution in [2.24, 2.45) is 0 Å². The average molecular weight is 529 g/mol. The maximum atomic E-state index is 13.5. The van der Waals surface area contributed by atoms with E-state index in [4.69, 9.17) is 23.2 Å². The van der Waals surface area contributed by atoms with Crippen LogP contribution in [0.1, 0.15) is 38.8 Å². The highest BCUT2D eigenvalue weighted by atomic mass is 35.5. The van der Waals surface area contributed by atoms with E-state index in [1.54, 1.807) is 6.92 Å². The second-order valence-electron chi connectivity index (χ2n) is 9.29. The van der Waals surface area contributed by atoms with Crippen LogP contribution in [-0.4, -0.2) is 49.5 Å². The molecule has 0 bridgehead atoms. The van der Waals surface area contributed by atoms with Crippen molar-refractivity contribution in [1.29, 1.82) is 0 Å². The van der Waals surface area contributed by atoms with Crippen molar-refractivity contribution in [3.8, 4) is 0 Å². The molecule has 0 unspecified atom stereocenters. The molecule has 10 heteroatoms. The zero-order valence-electron chi connectivity index (χ0n) is 20.2. The third kappa shape index (κ3) is 7.89. The van der Waals surface area contributed by atoms with Gasteiger partial charge in [0.05, 0.1) is 17.0 Å². The van der Waals surface area contributed by atoms with Crippen LogP contribution in [0.25, 0.3) is 0 Å². The van der Waals surface area contributed by atoms with Crippen molar-refractivity contribution in [2.45, 2.75) is 52.7 Å². The molecule has 2 rings (SSSR count). The Morgan fingerprint density at radius 1 is 1.06 bits per heavy atom. The van der Waals surface area contributed by atoms with Gasteiger partial charge in [-0.25, -0.2) is 8.42 Å². The summed E-state index contributed by atoms with van der Waals surface area (Å²) < 4.78 is 26.1. The maximum Gasteiger partial charge on any atom is 0.244 e.